The van der Waals surface area contributed by atoms with Gasteiger partial charge in [0.1, 0.15) is 17.3 Å². The maximum absolute atomic E-state index is 14.4. The lowest BCUT2D eigenvalue weighted by molar-refractivity contribution is 0.507. The Balaban J connectivity index is 2.14. The minimum Gasteiger partial charge on any atom is -0.402 e. The summed E-state index contributed by atoms with van der Waals surface area (Å²) in [4.78, 5) is 4.24. The summed E-state index contributed by atoms with van der Waals surface area (Å²) in [6.45, 7) is 7.24. The molecule has 0 spiro atoms. The molecule has 2 aliphatic rings. The monoisotopic (exact) mass is 400 g/mol. The number of benzene rings is 1. The van der Waals surface area contributed by atoms with E-state index in [1.165, 1.54) is 12.8 Å². The molecule has 4 nitrogen and oxygen atoms in total. The van der Waals surface area contributed by atoms with Crippen molar-refractivity contribution in [3.8, 4) is 0 Å². The van der Waals surface area contributed by atoms with E-state index >= 15 is 0 Å². The average Bonchev–Trinajstić information content (AvgIpc) is 2.68. The molecule has 1 aromatic carbocycles. The Kier molecular flexibility index (Phi) is 9.75. The van der Waals surface area contributed by atoms with Crippen LogP contribution in [0.3, 0.4) is 0 Å². The van der Waals surface area contributed by atoms with Crippen LogP contribution in [0.1, 0.15) is 70.3 Å². The van der Waals surface area contributed by atoms with E-state index in [1.54, 1.807) is 18.2 Å². The number of nitrogens with one attached hydrogen (secondary N) is 1. The summed E-state index contributed by atoms with van der Waals surface area (Å²) in [5, 5.41) is 3.45. The lowest BCUT2D eigenvalue weighted by Gasteiger charge is -2.16. The van der Waals surface area contributed by atoms with Gasteiger partial charge in [0.15, 0.2) is 0 Å². The van der Waals surface area contributed by atoms with E-state index in [4.69, 9.17) is 11.5 Å². The van der Waals surface area contributed by atoms with Crippen LogP contribution in [0.15, 0.2) is 47.2 Å². The molecule has 0 aromatic heterocycles. The molecule has 0 aliphatic carbocycles. The summed E-state index contributed by atoms with van der Waals surface area (Å²) in [7, 11) is 0. The molecule has 2 heterocycles. The Morgan fingerprint density at radius 2 is 1.86 bits per heavy atom. The van der Waals surface area contributed by atoms with Crippen molar-refractivity contribution in [3.63, 3.8) is 0 Å². The van der Waals surface area contributed by atoms with Gasteiger partial charge >= 0.3 is 0 Å². The van der Waals surface area contributed by atoms with Gasteiger partial charge < -0.3 is 16.8 Å². The third-order valence-electron chi connectivity index (χ3n) is 5.59. The fraction of sp³-hybridized carbons (Fsp3) is 0.542. The molecule has 160 valence electrons. The molecule has 3 rings (SSSR count). The molecule has 5 N–H and O–H groups in total. The predicted molar refractivity (Wildman–Crippen MR) is 122 cm³/mol. The summed E-state index contributed by atoms with van der Waals surface area (Å²) in [6.07, 6.45) is 12.2. The maximum Gasteiger partial charge on any atom is 0.149 e. The smallest absolute Gasteiger partial charge is 0.149 e. The average molecular weight is 401 g/mol. The van der Waals surface area contributed by atoms with E-state index in [0.717, 1.165) is 69.2 Å². The van der Waals surface area contributed by atoms with Crippen molar-refractivity contribution in [2.45, 2.75) is 71.1 Å². The first-order valence-electron chi connectivity index (χ1n) is 11.0. The summed E-state index contributed by atoms with van der Waals surface area (Å²) >= 11 is 0. The number of hydrogen-bond donors (Lipinski definition) is 3. The SMILES string of the molecule is C=C1CCCC(CC)/C(N)=C/C(N)=Nc2ccc(cc2F)CCCCCCCN1. The van der Waals surface area contributed by atoms with Gasteiger partial charge in [0, 0.05) is 17.9 Å². The van der Waals surface area contributed by atoms with Gasteiger partial charge in [-0.3, -0.25) is 0 Å². The van der Waals surface area contributed by atoms with Gasteiger partial charge in [-0.1, -0.05) is 38.8 Å². The van der Waals surface area contributed by atoms with E-state index in [1.807, 2.05) is 6.07 Å². The number of rotatable bonds is 1. The van der Waals surface area contributed by atoms with Crippen LogP contribution in [0.25, 0.3) is 0 Å². The molecular formula is C24H37FN4. The Labute approximate surface area is 175 Å². The Bertz CT molecular complexity index is 724. The van der Waals surface area contributed by atoms with Crippen LogP contribution in [-0.4, -0.2) is 12.4 Å². The van der Waals surface area contributed by atoms with Gasteiger partial charge in [-0.2, -0.15) is 0 Å². The summed E-state index contributed by atoms with van der Waals surface area (Å²) < 4.78 is 14.4. The van der Waals surface area contributed by atoms with E-state index in [0.29, 0.717) is 5.70 Å². The van der Waals surface area contributed by atoms with Crippen LogP contribution in [-0.2, 0) is 6.42 Å². The standard InChI is InChI=1S/C24H37FN4/c1-3-20-12-9-10-18(2)28-15-8-6-4-5-7-11-19-13-14-23(21(25)16-19)29-24(27)17-22(20)26/h13-14,16-17,20,28H,2-12,15,26H2,1H3,(H2,27,29)/b22-17-. The van der Waals surface area contributed by atoms with Crippen molar-refractivity contribution in [1.82, 2.24) is 5.32 Å². The highest BCUT2D eigenvalue weighted by atomic mass is 19.1. The number of halogens is 1. The van der Waals surface area contributed by atoms with Crippen LogP contribution >= 0.6 is 0 Å². The topological polar surface area (TPSA) is 76.4 Å². The molecule has 0 amide bonds. The Morgan fingerprint density at radius 1 is 1.10 bits per heavy atom. The van der Waals surface area contributed by atoms with Crippen LogP contribution < -0.4 is 16.8 Å². The molecule has 0 fully saturated rings. The molecule has 1 aromatic rings. The molecule has 1 atom stereocenters. The maximum atomic E-state index is 14.4. The number of amidine groups is 1. The van der Waals surface area contributed by atoms with Crippen LogP contribution in [0.5, 0.6) is 0 Å². The normalized spacial score (nSPS) is 22.7. The first-order chi connectivity index (χ1) is 14.0. The first-order valence-corrected chi connectivity index (χ1v) is 11.0. The van der Waals surface area contributed by atoms with Crippen LogP contribution in [0.4, 0.5) is 10.1 Å². The Morgan fingerprint density at radius 3 is 2.62 bits per heavy atom. The molecule has 2 aliphatic heterocycles. The van der Waals surface area contributed by atoms with Crippen molar-refractivity contribution in [1.29, 1.82) is 0 Å². The van der Waals surface area contributed by atoms with Crippen molar-refractivity contribution in [3.05, 3.63) is 53.6 Å². The summed E-state index contributed by atoms with van der Waals surface area (Å²) in [6, 6.07) is 5.22. The zero-order chi connectivity index (χ0) is 21.1. The van der Waals surface area contributed by atoms with Gasteiger partial charge in [0.05, 0.1) is 0 Å². The fourth-order valence-corrected chi connectivity index (χ4v) is 3.76. The van der Waals surface area contributed by atoms with Gasteiger partial charge in [0.25, 0.3) is 0 Å². The zero-order valence-electron chi connectivity index (χ0n) is 17.9. The second-order valence-corrected chi connectivity index (χ2v) is 8.01. The number of aryl methyl sites for hydroxylation is 1. The van der Waals surface area contributed by atoms with Crippen LogP contribution in [0.2, 0.25) is 0 Å². The van der Waals surface area contributed by atoms with Crippen LogP contribution in [0, 0.1) is 11.7 Å². The third kappa shape index (κ3) is 8.30. The number of aliphatic imine (C=N–C) groups is 1. The fourth-order valence-electron chi connectivity index (χ4n) is 3.76. The predicted octanol–water partition coefficient (Wildman–Crippen LogP) is 5.46. The summed E-state index contributed by atoms with van der Waals surface area (Å²) in [5.74, 6) is 0.141. The summed E-state index contributed by atoms with van der Waals surface area (Å²) in [5.41, 5.74) is 15.4. The van der Waals surface area contributed by atoms with Gasteiger partial charge in [-0.05, 0) is 74.6 Å². The number of fused-ring (bicyclic) bond motifs is 16. The van der Waals surface area contributed by atoms with Crippen molar-refractivity contribution in [2.75, 3.05) is 6.54 Å². The Hall–Kier alpha value is -2.30. The van der Waals surface area contributed by atoms with Gasteiger partial charge in [-0.25, -0.2) is 9.38 Å². The molecule has 1 unspecified atom stereocenters. The number of allylic oxidation sites excluding steroid dienone is 2. The highest BCUT2D eigenvalue weighted by Crippen LogP contribution is 2.22. The quantitative estimate of drug-likeness (QED) is 0.585. The number of nitrogens with two attached hydrogens (primary N) is 2. The van der Waals surface area contributed by atoms with Crippen molar-refractivity contribution in [2.24, 2.45) is 22.4 Å². The molecule has 0 radical (unpaired) electrons. The lowest BCUT2D eigenvalue weighted by atomic mass is 9.95. The third-order valence-corrected chi connectivity index (χ3v) is 5.59. The number of nitrogens with zero attached hydrogens (tertiary/aromatic N) is 1. The first kappa shape index (κ1) is 23.0. The lowest BCUT2D eigenvalue weighted by Crippen LogP contribution is -2.18. The highest BCUT2D eigenvalue weighted by Gasteiger charge is 2.11. The molecule has 5 heteroatoms. The molecular weight excluding hydrogens is 363 g/mol. The van der Waals surface area contributed by atoms with E-state index < -0.39 is 0 Å². The minimum absolute atomic E-state index is 0.234. The molecule has 29 heavy (non-hydrogen) atoms. The van der Waals surface area contributed by atoms with E-state index in [-0.39, 0.29) is 23.3 Å². The molecule has 2 bridgehead atoms. The zero-order valence-corrected chi connectivity index (χ0v) is 17.9. The second-order valence-electron chi connectivity index (χ2n) is 8.01. The van der Waals surface area contributed by atoms with Gasteiger partial charge in [-0.15, -0.1) is 0 Å². The second kappa shape index (κ2) is 12.3. The van der Waals surface area contributed by atoms with E-state index in [2.05, 4.69) is 23.8 Å². The van der Waals surface area contributed by atoms with Gasteiger partial charge in [0.2, 0.25) is 0 Å². The minimum atomic E-state index is -0.333. The van der Waals surface area contributed by atoms with Crippen molar-refractivity contribution >= 4 is 11.5 Å². The molecule has 0 saturated heterocycles. The van der Waals surface area contributed by atoms with E-state index in [9.17, 15) is 4.39 Å². The largest absolute Gasteiger partial charge is 0.402 e. The molecule has 0 saturated carbocycles. The highest BCUT2D eigenvalue weighted by molar-refractivity contribution is 5.93. The number of hydrogen-bond acceptors (Lipinski definition) is 4. The van der Waals surface area contributed by atoms with Crippen molar-refractivity contribution < 1.29 is 4.39 Å².